The highest BCUT2D eigenvalue weighted by atomic mass is 32.2. The molecule has 1 saturated heterocycles. The summed E-state index contributed by atoms with van der Waals surface area (Å²) in [6, 6.07) is 14.1. The van der Waals surface area contributed by atoms with E-state index in [-0.39, 0.29) is 5.70 Å². The molecular formula is C28H35N5O5S. The standard InChI is InChI=1S/C28H35N5O5S/c1-21-9-11-22(12-10-21)27(34)30-25(28(35)29-13-6-14-32-15-17-38-18-16-32)19-23-20-33(39(36,37)31(2)3)26-8-5-4-7-24(23)26/h4-5,7-12,19-20H,6,13-18H2,1-3H3,(H,29,35)(H,30,34). The number of aromatic nitrogens is 1. The average molecular weight is 554 g/mol. The number of aryl methyl sites for hydroxylation is 1. The summed E-state index contributed by atoms with van der Waals surface area (Å²) in [5.74, 6) is -0.890. The number of carbonyl (C=O) groups is 2. The van der Waals surface area contributed by atoms with Crippen LogP contribution in [-0.2, 0) is 19.7 Å². The fourth-order valence-electron chi connectivity index (χ4n) is 4.30. The SMILES string of the molecule is Cc1ccc(C(=O)NC(=Cc2cn(S(=O)(=O)N(C)C)c3ccccc23)C(=O)NCCCN2CCOCC2)cc1. The fraction of sp³-hybridized carbons (Fsp3) is 0.357. The van der Waals surface area contributed by atoms with Gasteiger partial charge in [-0.15, -0.1) is 0 Å². The number of rotatable bonds is 10. The van der Waals surface area contributed by atoms with Crippen LogP contribution < -0.4 is 10.6 Å². The molecule has 11 heteroatoms. The largest absolute Gasteiger partial charge is 0.379 e. The van der Waals surface area contributed by atoms with Gasteiger partial charge in [0.25, 0.3) is 11.8 Å². The molecule has 0 atom stereocenters. The van der Waals surface area contributed by atoms with E-state index < -0.39 is 22.0 Å². The predicted octanol–water partition coefficient (Wildman–Crippen LogP) is 2.21. The van der Waals surface area contributed by atoms with E-state index in [0.29, 0.717) is 41.8 Å². The van der Waals surface area contributed by atoms with E-state index in [1.54, 1.807) is 36.4 Å². The van der Waals surface area contributed by atoms with E-state index in [2.05, 4.69) is 15.5 Å². The second-order valence-corrected chi connectivity index (χ2v) is 11.6. The van der Waals surface area contributed by atoms with Crippen molar-refractivity contribution in [1.82, 2.24) is 23.8 Å². The summed E-state index contributed by atoms with van der Waals surface area (Å²) < 4.78 is 33.6. The van der Waals surface area contributed by atoms with Gasteiger partial charge in [0.2, 0.25) is 0 Å². The van der Waals surface area contributed by atoms with E-state index in [4.69, 9.17) is 4.74 Å². The lowest BCUT2D eigenvalue weighted by Crippen LogP contribution is -2.39. The molecule has 0 spiro atoms. The van der Waals surface area contributed by atoms with E-state index >= 15 is 0 Å². The number of morpholine rings is 1. The minimum Gasteiger partial charge on any atom is -0.379 e. The Morgan fingerprint density at radius 3 is 2.44 bits per heavy atom. The Kier molecular flexibility index (Phi) is 9.18. The van der Waals surface area contributed by atoms with Crippen LogP contribution in [0.1, 0.15) is 27.9 Å². The first-order chi connectivity index (χ1) is 18.7. The van der Waals surface area contributed by atoms with Crippen LogP contribution in [0.2, 0.25) is 0 Å². The maximum atomic E-state index is 13.3. The molecule has 2 heterocycles. The first-order valence-corrected chi connectivity index (χ1v) is 14.3. The number of carbonyl (C=O) groups excluding carboxylic acids is 2. The zero-order chi connectivity index (χ0) is 28.0. The van der Waals surface area contributed by atoms with E-state index in [1.807, 2.05) is 19.1 Å². The second kappa shape index (κ2) is 12.6. The summed E-state index contributed by atoms with van der Waals surface area (Å²) in [4.78, 5) is 28.6. The zero-order valence-corrected chi connectivity index (χ0v) is 23.3. The number of nitrogens with zero attached hydrogens (tertiary/aromatic N) is 3. The molecule has 0 saturated carbocycles. The van der Waals surface area contributed by atoms with Gasteiger partial charge in [-0.1, -0.05) is 35.9 Å². The van der Waals surface area contributed by atoms with Crippen LogP contribution in [0, 0.1) is 6.92 Å². The summed E-state index contributed by atoms with van der Waals surface area (Å²) in [5.41, 5.74) is 2.39. The van der Waals surface area contributed by atoms with Crippen molar-refractivity contribution in [3.8, 4) is 0 Å². The first-order valence-electron chi connectivity index (χ1n) is 12.9. The van der Waals surface area contributed by atoms with Crippen LogP contribution >= 0.6 is 0 Å². The molecule has 2 N–H and O–H groups in total. The summed E-state index contributed by atoms with van der Waals surface area (Å²) in [6.45, 7) is 6.33. The van der Waals surface area contributed by atoms with Gasteiger partial charge in [-0.2, -0.15) is 12.7 Å². The van der Waals surface area contributed by atoms with Crippen LogP contribution in [0.25, 0.3) is 17.0 Å². The van der Waals surface area contributed by atoms with Crippen LogP contribution in [-0.4, -0.2) is 86.9 Å². The molecule has 1 aliphatic rings. The van der Waals surface area contributed by atoms with Crippen molar-refractivity contribution < 1.29 is 22.7 Å². The Hall–Kier alpha value is -3.51. The third-order valence-electron chi connectivity index (χ3n) is 6.57. The van der Waals surface area contributed by atoms with Crippen molar-refractivity contribution in [2.75, 3.05) is 53.5 Å². The number of nitrogens with one attached hydrogen (secondary N) is 2. The van der Waals surface area contributed by atoms with Gasteiger partial charge in [-0.25, -0.2) is 3.97 Å². The Balaban J connectivity index is 1.62. The molecule has 0 bridgehead atoms. The molecule has 0 aliphatic carbocycles. The Morgan fingerprint density at radius 1 is 1.05 bits per heavy atom. The Bertz CT molecular complexity index is 1460. The summed E-state index contributed by atoms with van der Waals surface area (Å²) >= 11 is 0. The van der Waals surface area contributed by atoms with Gasteiger partial charge in [0.15, 0.2) is 0 Å². The number of ether oxygens (including phenoxy) is 1. The van der Waals surface area contributed by atoms with Crippen molar-refractivity contribution in [1.29, 1.82) is 0 Å². The van der Waals surface area contributed by atoms with E-state index in [1.165, 1.54) is 30.3 Å². The van der Waals surface area contributed by atoms with Crippen molar-refractivity contribution >= 4 is 39.0 Å². The fourth-order valence-corrected chi connectivity index (χ4v) is 5.30. The van der Waals surface area contributed by atoms with Crippen LogP contribution in [0.15, 0.2) is 60.4 Å². The van der Waals surface area contributed by atoms with Gasteiger partial charge in [0.05, 0.1) is 18.7 Å². The molecule has 1 aromatic heterocycles. The maximum Gasteiger partial charge on any atom is 0.307 e. The van der Waals surface area contributed by atoms with Crippen molar-refractivity contribution in [2.24, 2.45) is 0 Å². The number of hydrogen-bond donors (Lipinski definition) is 2. The maximum absolute atomic E-state index is 13.3. The molecule has 1 aliphatic heterocycles. The normalized spacial score (nSPS) is 15.0. The Labute approximate surface area is 229 Å². The molecule has 10 nitrogen and oxygen atoms in total. The molecule has 0 unspecified atom stereocenters. The lowest BCUT2D eigenvalue weighted by molar-refractivity contribution is -0.117. The number of benzene rings is 2. The highest BCUT2D eigenvalue weighted by molar-refractivity contribution is 7.87. The van der Waals surface area contributed by atoms with Gasteiger partial charge in [0, 0.05) is 56.4 Å². The third kappa shape index (κ3) is 6.93. The molecule has 0 radical (unpaired) electrons. The van der Waals surface area contributed by atoms with Crippen molar-refractivity contribution in [2.45, 2.75) is 13.3 Å². The third-order valence-corrected chi connectivity index (χ3v) is 8.29. The smallest absolute Gasteiger partial charge is 0.307 e. The van der Waals surface area contributed by atoms with Gasteiger partial charge >= 0.3 is 10.2 Å². The van der Waals surface area contributed by atoms with Crippen LogP contribution in [0.4, 0.5) is 0 Å². The highest BCUT2D eigenvalue weighted by Gasteiger charge is 2.22. The molecule has 2 amide bonds. The monoisotopic (exact) mass is 553 g/mol. The number of fused-ring (bicyclic) bond motifs is 1. The lowest BCUT2D eigenvalue weighted by Gasteiger charge is -2.26. The first kappa shape index (κ1) is 28.5. The molecular weight excluding hydrogens is 518 g/mol. The molecule has 39 heavy (non-hydrogen) atoms. The van der Waals surface area contributed by atoms with Gasteiger partial charge in [0.1, 0.15) is 5.70 Å². The van der Waals surface area contributed by atoms with Crippen LogP contribution in [0.3, 0.4) is 0 Å². The van der Waals surface area contributed by atoms with Crippen molar-refractivity contribution in [3.63, 3.8) is 0 Å². The number of hydrogen-bond acceptors (Lipinski definition) is 6. The molecule has 1 fully saturated rings. The van der Waals surface area contributed by atoms with E-state index in [9.17, 15) is 18.0 Å². The summed E-state index contributed by atoms with van der Waals surface area (Å²) in [7, 11) is -0.907. The predicted molar refractivity (Wildman–Crippen MR) is 151 cm³/mol. The van der Waals surface area contributed by atoms with Crippen LogP contribution in [0.5, 0.6) is 0 Å². The second-order valence-electron chi connectivity index (χ2n) is 9.63. The molecule has 4 rings (SSSR count). The zero-order valence-electron chi connectivity index (χ0n) is 22.5. The highest BCUT2D eigenvalue weighted by Crippen LogP contribution is 2.25. The summed E-state index contributed by atoms with van der Waals surface area (Å²) in [5, 5.41) is 6.27. The van der Waals surface area contributed by atoms with Crippen molar-refractivity contribution in [3.05, 3.63) is 77.1 Å². The molecule has 208 valence electrons. The Morgan fingerprint density at radius 2 is 1.74 bits per heavy atom. The summed E-state index contributed by atoms with van der Waals surface area (Å²) in [6.07, 6.45) is 3.72. The molecule has 2 aromatic carbocycles. The van der Waals surface area contributed by atoms with Gasteiger partial charge in [-0.05, 0) is 44.2 Å². The molecule has 3 aromatic rings. The van der Waals surface area contributed by atoms with Gasteiger partial charge in [-0.3, -0.25) is 14.5 Å². The topological polar surface area (TPSA) is 113 Å². The average Bonchev–Trinajstić information content (AvgIpc) is 3.30. The number of para-hydroxylation sites is 1. The lowest BCUT2D eigenvalue weighted by atomic mass is 10.1. The number of amides is 2. The quantitative estimate of drug-likeness (QED) is 0.294. The van der Waals surface area contributed by atoms with Gasteiger partial charge < -0.3 is 15.4 Å². The minimum absolute atomic E-state index is 0.0251. The van der Waals surface area contributed by atoms with E-state index in [0.717, 1.165) is 35.9 Å². The minimum atomic E-state index is -3.82.